The Hall–Kier alpha value is -0.654. The summed E-state index contributed by atoms with van der Waals surface area (Å²) in [4.78, 5) is 0. The van der Waals surface area contributed by atoms with Gasteiger partial charge in [0.05, 0.1) is 0 Å². The van der Waals surface area contributed by atoms with E-state index in [4.69, 9.17) is 4.74 Å². The standard InChI is InChI=1S/C14H11F2O.BrH.Mg/c1-10-3-2-4-14(5-10)17-9-11-6-12(15)8-13(16)7-11;;/h2,4-8H,9H2,1H3;1H;/q-1;;+2/p-1. The van der Waals surface area contributed by atoms with E-state index < -0.39 is 11.6 Å². The summed E-state index contributed by atoms with van der Waals surface area (Å²) in [5.41, 5.74) is 1.42. The Kier molecular flexibility index (Phi) is 8.21. The van der Waals surface area contributed by atoms with Crippen molar-refractivity contribution in [3.05, 3.63) is 65.2 Å². The van der Waals surface area contributed by atoms with Gasteiger partial charge in [0.1, 0.15) is 18.2 Å². The molecule has 0 unspecified atom stereocenters. The fraction of sp³-hybridized carbons (Fsp3) is 0.143. The summed E-state index contributed by atoms with van der Waals surface area (Å²) in [6, 6.07) is 11.7. The van der Waals surface area contributed by atoms with Crippen molar-refractivity contribution in [3.8, 4) is 5.75 Å². The molecule has 0 spiro atoms. The molecule has 0 aliphatic heterocycles. The SMILES string of the molecule is Cc1[c-]ccc(OCc2cc(F)cc(F)c2)c1.[Br-].[Mg+2]. The molecule has 5 heteroatoms. The average molecular weight is 337 g/mol. The van der Waals surface area contributed by atoms with E-state index in [-0.39, 0.29) is 46.6 Å². The van der Waals surface area contributed by atoms with Gasteiger partial charge in [-0.2, -0.15) is 17.7 Å². The minimum absolute atomic E-state index is 0. The van der Waals surface area contributed by atoms with Crippen LogP contribution in [0.2, 0.25) is 0 Å². The molecule has 0 atom stereocenters. The molecule has 0 heterocycles. The third kappa shape index (κ3) is 5.89. The maximum Gasteiger partial charge on any atom is 2.00 e. The normalized spacial score (nSPS) is 9.21. The van der Waals surface area contributed by atoms with Gasteiger partial charge in [0.15, 0.2) is 0 Å². The van der Waals surface area contributed by atoms with Crippen LogP contribution in [0.1, 0.15) is 11.1 Å². The van der Waals surface area contributed by atoms with Gasteiger partial charge in [0.2, 0.25) is 0 Å². The quantitative estimate of drug-likeness (QED) is 0.577. The molecule has 0 bridgehead atoms. The van der Waals surface area contributed by atoms with Gasteiger partial charge in [0.25, 0.3) is 0 Å². The number of halogens is 3. The molecule has 2 aromatic carbocycles. The molecule has 19 heavy (non-hydrogen) atoms. The molecule has 2 aromatic rings. The summed E-state index contributed by atoms with van der Waals surface area (Å²) in [5.74, 6) is -0.534. The van der Waals surface area contributed by atoms with Crippen LogP contribution in [-0.4, -0.2) is 23.1 Å². The maximum absolute atomic E-state index is 12.9. The topological polar surface area (TPSA) is 9.23 Å². The van der Waals surface area contributed by atoms with Crippen molar-refractivity contribution in [2.45, 2.75) is 13.5 Å². The minimum Gasteiger partial charge on any atom is -1.00 e. The van der Waals surface area contributed by atoms with Crippen molar-refractivity contribution in [1.29, 1.82) is 0 Å². The zero-order valence-electron chi connectivity index (χ0n) is 10.4. The van der Waals surface area contributed by atoms with E-state index >= 15 is 0 Å². The first-order valence-electron chi connectivity index (χ1n) is 5.19. The predicted molar refractivity (Wildman–Crippen MR) is 66.5 cm³/mol. The molecule has 0 saturated heterocycles. The summed E-state index contributed by atoms with van der Waals surface area (Å²) < 4.78 is 31.3. The molecule has 0 saturated carbocycles. The van der Waals surface area contributed by atoms with E-state index in [1.807, 2.05) is 13.0 Å². The number of ether oxygens (including phenoxy) is 1. The van der Waals surface area contributed by atoms with Gasteiger partial charge >= 0.3 is 23.1 Å². The van der Waals surface area contributed by atoms with Gasteiger partial charge in [-0.25, -0.2) is 8.78 Å². The molecule has 0 fully saturated rings. The molecule has 0 aliphatic carbocycles. The molecule has 1 nitrogen and oxygen atoms in total. The minimum atomic E-state index is -0.596. The molecule has 0 radical (unpaired) electrons. The summed E-state index contributed by atoms with van der Waals surface area (Å²) in [7, 11) is 0. The third-order valence-electron chi connectivity index (χ3n) is 2.25. The van der Waals surface area contributed by atoms with E-state index in [0.29, 0.717) is 11.3 Å². The Balaban J connectivity index is 0.00000162. The van der Waals surface area contributed by atoms with Crippen molar-refractivity contribution >= 4 is 23.1 Å². The Morgan fingerprint density at radius 2 is 1.74 bits per heavy atom. The summed E-state index contributed by atoms with van der Waals surface area (Å²) in [6.45, 7) is 2.03. The van der Waals surface area contributed by atoms with E-state index in [1.165, 1.54) is 12.1 Å². The summed E-state index contributed by atoms with van der Waals surface area (Å²) in [5, 5.41) is 0. The molecule has 0 amide bonds. The second kappa shape index (κ2) is 8.50. The van der Waals surface area contributed by atoms with Crippen LogP contribution < -0.4 is 21.7 Å². The Bertz CT molecular complexity index is 514. The first-order valence-corrected chi connectivity index (χ1v) is 5.19. The number of aryl methyl sites for hydroxylation is 1. The van der Waals surface area contributed by atoms with Crippen molar-refractivity contribution in [2.24, 2.45) is 0 Å². The second-order valence-electron chi connectivity index (χ2n) is 3.77. The van der Waals surface area contributed by atoms with Crippen LogP contribution in [0.15, 0.2) is 36.4 Å². The second-order valence-corrected chi connectivity index (χ2v) is 3.77. The molecule has 0 aliphatic rings. The monoisotopic (exact) mass is 336 g/mol. The Labute approximate surface area is 137 Å². The Morgan fingerprint density at radius 3 is 2.32 bits per heavy atom. The third-order valence-corrected chi connectivity index (χ3v) is 2.25. The van der Waals surface area contributed by atoms with Crippen LogP contribution in [0, 0.1) is 24.6 Å². The summed E-state index contributed by atoms with van der Waals surface area (Å²) in [6.07, 6.45) is 0. The van der Waals surface area contributed by atoms with Gasteiger partial charge in [-0.1, -0.05) is 6.92 Å². The van der Waals surface area contributed by atoms with E-state index in [2.05, 4.69) is 6.07 Å². The molecule has 96 valence electrons. The molecular formula is C14H11BrF2MgO. The zero-order valence-corrected chi connectivity index (χ0v) is 13.4. The fourth-order valence-electron chi connectivity index (χ4n) is 1.51. The number of hydrogen-bond donors (Lipinski definition) is 0. The van der Waals surface area contributed by atoms with Crippen LogP contribution in [0.25, 0.3) is 0 Å². The average Bonchev–Trinajstić information content (AvgIpc) is 2.25. The zero-order chi connectivity index (χ0) is 12.3. The van der Waals surface area contributed by atoms with Crippen molar-refractivity contribution in [1.82, 2.24) is 0 Å². The molecule has 2 rings (SSSR count). The largest absolute Gasteiger partial charge is 2.00 e. The van der Waals surface area contributed by atoms with Gasteiger partial charge in [0, 0.05) is 11.8 Å². The molecule has 0 N–H and O–H groups in total. The first kappa shape index (κ1) is 18.3. The van der Waals surface area contributed by atoms with E-state index in [1.54, 1.807) is 12.1 Å². The smallest absolute Gasteiger partial charge is 1.00 e. The van der Waals surface area contributed by atoms with E-state index in [9.17, 15) is 8.78 Å². The van der Waals surface area contributed by atoms with Crippen molar-refractivity contribution in [2.75, 3.05) is 0 Å². The van der Waals surface area contributed by atoms with Gasteiger partial charge in [-0.3, -0.25) is 0 Å². The van der Waals surface area contributed by atoms with Crippen LogP contribution in [0.4, 0.5) is 8.78 Å². The van der Waals surface area contributed by atoms with Crippen LogP contribution in [0.5, 0.6) is 5.75 Å². The number of rotatable bonds is 3. The summed E-state index contributed by atoms with van der Waals surface area (Å²) >= 11 is 0. The number of benzene rings is 2. The van der Waals surface area contributed by atoms with Gasteiger partial charge < -0.3 is 21.7 Å². The van der Waals surface area contributed by atoms with Crippen molar-refractivity contribution in [3.63, 3.8) is 0 Å². The van der Waals surface area contributed by atoms with Gasteiger partial charge in [-0.15, -0.1) is 12.1 Å². The van der Waals surface area contributed by atoms with Gasteiger partial charge in [-0.05, 0) is 17.7 Å². The maximum atomic E-state index is 12.9. The Morgan fingerprint density at radius 1 is 1.11 bits per heavy atom. The fourth-order valence-corrected chi connectivity index (χ4v) is 1.51. The van der Waals surface area contributed by atoms with Crippen LogP contribution >= 0.6 is 0 Å². The van der Waals surface area contributed by atoms with E-state index in [0.717, 1.165) is 11.6 Å². The van der Waals surface area contributed by atoms with Crippen LogP contribution in [0.3, 0.4) is 0 Å². The predicted octanol–water partition coefficient (Wildman–Crippen LogP) is 0.276. The van der Waals surface area contributed by atoms with Crippen molar-refractivity contribution < 1.29 is 30.5 Å². The first-order chi connectivity index (χ1) is 8.13. The number of hydrogen-bond acceptors (Lipinski definition) is 1. The molecular weight excluding hydrogens is 326 g/mol. The molecule has 0 aromatic heterocycles. The van der Waals surface area contributed by atoms with Crippen LogP contribution in [-0.2, 0) is 6.61 Å².